The molecule has 100 valence electrons. The minimum absolute atomic E-state index is 0.423. The summed E-state index contributed by atoms with van der Waals surface area (Å²) in [6.45, 7) is 6.51. The normalized spacial score (nSPS) is 13.4. The number of benzene rings is 1. The van der Waals surface area contributed by atoms with Crippen molar-refractivity contribution in [3.63, 3.8) is 0 Å². The lowest BCUT2D eigenvalue weighted by Gasteiger charge is -2.20. The average molecular weight is 270 g/mol. The van der Waals surface area contributed by atoms with Crippen molar-refractivity contribution in [1.82, 2.24) is 0 Å². The van der Waals surface area contributed by atoms with Crippen molar-refractivity contribution >= 4 is 21.4 Å². The molecule has 0 unspecified atom stereocenters. The molecule has 18 heavy (non-hydrogen) atoms. The Labute approximate surface area is 108 Å². The molecule has 0 atom stereocenters. The highest BCUT2D eigenvalue weighted by atomic mass is 32.2. The first-order chi connectivity index (χ1) is 8.17. The highest BCUT2D eigenvalue weighted by molar-refractivity contribution is 7.94. The quantitative estimate of drug-likeness (QED) is 0.503. The zero-order valence-electron chi connectivity index (χ0n) is 10.9. The fourth-order valence-electron chi connectivity index (χ4n) is 1.17. The molecule has 0 heterocycles. The van der Waals surface area contributed by atoms with Crippen LogP contribution in [0.5, 0.6) is 0 Å². The second-order valence-corrected chi connectivity index (χ2v) is 7.42. The van der Waals surface area contributed by atoms with Gasteiger partial charge in [-0.3, -0.25) is 4.72 Å². The van der Waals surface area contributed by atoms with Gasteiger partial charge in [0.2, 0.25) is 10.0 Å². The number of rotatable bonds is 3. The van der Waals surface area contributed by atoms with Gasteiger partial charge in [0.05, 0.1) is 10.5 Å². The molecule has 2 N–H and O–H groups in total. The summed E-state index contributed by atoms with van der Waals surface area (Å²) in [5.74, 6) is 0. The van der Waals surface area contributed by atoms with E-state index >= 15 is 0 Å². The molecule has 0 amide bonds. The van der Waals surface area contributed by atoms with E-state index < -0.39 is 14.8 Å². The second kappa shape index (κ2) is 4.97. The lowest BCUT2D eigenvalue weighted by Crippen LogP contribution is -2.33. The summed E-state index contributed by atoms with van der Waals surface area (Å²) in [4.78, 5) is 0. The summed E-state index contributed by atoms with van der Waals surface area (Å²) in [6.07, 6.45) is 0. The van der Waals surface area contributed by atoms with Crippen LogP contribution in [-0.4, -0.2) is 24.1 Å². The van der Waals surface area contributed by atoms with Gasteiger partial charge in [0.25, 0.3) is 0 Å². The zero-order valence-corrected chi connectivity index (χ0v) is 11.7. The van der Waals surface area contributed by atoms with E-state index in [2.05, 4.69) is 9.88 Å². The second-order valence-electron chi connectivity index (χ2n) is 4.98. The van der Waals surface area contributed by atoms with Crippen molar-refractivity contribution in [2.45, 2.75) is 32.4 Å². The fraction of sp³-hybridized carbons (Fsp3) is 0.417. The minimum Gasteiger partial charge on any atom is -0.411 e. The number of hydrogen-bond donors (Lipinski definition) is 2. The van der Waals surface area contributed by atoms with Crippen molar-refractivity contribution < 1.29 is 13.6 Å². The molecule has 0 aliphatic carbocycles. The van der Waals surface area contributed by atoms with E-state index in [0.717, 1.165) is 0 Å². The van der Waals surface area contributed by atoms with Gasteiger partial charge in [-0.25, -0.2) is 8.42 Å². The fourth-order valence-corrected chi connectivity index (χ4v) is 1.92. The molecular weight excluding hydrogens is 252 g/mol. The number of hydrogen-bond acceptors (Lipinski definition) is 4. The van der Waals surface area contributed by atoms with Crippen LogP contribution in [0.2, 0.25) is 0 Å². The van der Waals surface area contributed by atoms with Crippen LogP contribution in [0.4, 0.5) is 5.69 Å². The van der Waals surface area contributed by atoms with Gasteiger partial charge in [0, 0.05) is 11.3 Å². The molecule has 0 radical (unpaired) electrons. The summed E-state index contributed by atoms with van der Waals surface area (Å²) in [7, 11) is -3.45. The van der Waals surface area contributed by atoms with Crippen LogP contribution in [0.3, 0.4) is 0 Å². The molecule has 1 rings (SSSR count). The van der Waals surface area contributed by atoms with E-state index in [4.69, 9.17) is 5.21 Å². The first kappa shape index (κ1) is 14.5. The lowest BCUT2D eigenvalue weighted by molar-refractivity contribution is 0.319. The molecule has 0 fully saturated rings. The van der Waals surface area contributed by atoms with Crippen molar-refractivity contribution in [2.24, 2.45) is 5.16 Å². The molecule has 1 aromatic carbocycles. The first-order valence-electron chi connectivity index (χ1n) is 5.49. The molecule has 0 aromatic heterocycles. The van der Waals surface area contributed by atoms with E-state index in [1.165, 1.54) is 0 Å². The number of nitrogens with zero attached hydrogens (tertiary/aromatic N) is 1. The molecule has 0 saturated carbocycles. The summed E-state index contributed by atoms with van der Waals surface area (Å²) in [6, 6.07) is 6.71. The third kappa shape index (κ3) is 3.22. The Bertz CT molecular complexity index is 557. The maximum absolute atomic E-state index is 12.0. The van der Waals surface area contributed by atoms with Crippen LogP contribution in [0, 0.1) is 0 Å². The number of nitrogens with one attached hydrogen (secondary N) is 1. The zero-order chi connectivity index (χ0) is 14.0. The average Bonchev–Trinajstić information content (AvgIpc) is 2.26. The van der Waals surface area contributed by atoms with Gasteiger partial charge in [0.15, 0.2) is 0 Å². The minimum atomic E-state index is -3.45. The third-order valence-corrected chi connectivity index (χ3v) is 4.61. The predicted octanol–water partition coefficient (Wildman–Crippen LogP) is 2.43. The highest BCUT2D eigenvalue weighted by Gasteiger charge is 2.28. The Hall–Kier alpha value is -1.56. The molecule has 6 heteroatoms. The summed E-state index contributed by atoms with van der Waals surface area (Å²) in [5.41, 5.74) is 1.53. The largest absolute Gasteiger partial charge is 0.411 e. The van der Waals surface area contributed by atoms with Gasteiger partial charge >= 0.3 is 0 Å². The predicted molar refractivity (Wildman–Crippen MR) is 72.7 cm³/mol. The molecule has 0 saturated heterocycles. The summed E-state index contributed by atoms with van der Waals surface area (Å²) < 4.78 is 25.6. The van der Waals surface area contributed by atoms with E-state index in [1.54, 1.807) is 52.0 Å². The standard InChI is InChI=1S/C12H18N2O3S/c1-9(13-15)10-6-5-7-11(8-10)14-18(16,17)12(2,3)4/h5-8,14-15H,1-4H3. The lowest BCUT2D eigenvalue weighted by atomic mass is 10.1. The van der Waals surface area contributed by atoms with Gasteiger partial charge in [-0.15, -0.1) is 0 Å². The van der Waals surface area contributed by atoms with Gasteiger partial charge in [-0.05, 0) is 39.8 Å². The Morgan fingerprint density at radius 1 is 1.33 bits per heavy atom. The molecule has 0 bridgehead atoms. The molecule has 0 spiro atoms. The van der Waals surface area contributed by atoms with Crippen LogP contribution < -0.4 is 4.72 Å². The molecule has 5 nitrogen and oxygen atoms in total. The van der Waals surface area contributed by atoms with Gasteiger partial charge < -0.3 is 5.21 Å². The monoisotopic (exact) mass is 270 g/mol. The Morgan fingerprint density at radius 3 is 2.44 bits per heavy atom. The smallest absolute Gasteiger partial charge is 0.237 e. The van der Waals surface area contributed by atoms with Crippen molar-refractivity contribution in [3.8, 4) is 0 Å². The molecule has 0 aliphatic heterocycles. The highest BCUT2D eigenvalue weighted by Crippen LogP contribution is 2.20. The Balaban J connectivity index is 3.08. The third-order valence-electron chi connectivity index (χ3n) is 2.49. The van der Waals surface area contributed by atoms with Gasteiger partial charge in [0.1, 0.15) is 0 Å². The number of anilines is 1. The topological polar surface area (TPSA) is 78.8 Å². The van der Waals surface area contributed by atoms with Crippen LogP contribution in [0.1, 0.15) is 33.3 Å². The van der Waals surface area contributed by atoms with Crippen LogP contribution in [0.25, 0.3) is 0 Å². The van der Waals surface area contributed by atoms with E-state index in [1.807, 2.05) is 0 Å². The van der Waals surface area contributed by atoms with Gasteiger partial charge in [-0.1, -0.05) is 17.3 Å². The van der Waals surface area contributed by atoms with Crippen LogP contribution in [-0.2, 0) is 10.0 Å². The van der Waals surface area contributed by atoms with E-state index in [0.29, 0.717) is 17.0 Å². The van der Waals surface area contributed by atoms with Crippen molar-refractivity contribution in [2.75, 3.05) is 4.72 Å². The maximum Gasteiger partial charge on any atom is 0.237 e. The summed E-state index contributed by atoms with van der Waals surface area (Å²) in [5, 5.41) is 11.8. The number of sulfonamides is 1. The van der Waals surface area contributed by atoms with Crippen LogP contribution >= 0.6 is 0 Å². The van der Waals surface area contributed by atoms with Crippen molar-refractivity contribution in [1.29, 1.82) is 0 Å². The first-order valence-corrected chi connectivity index (χ1v) is 6.97. The Kier molecular flexibility index (Phi) is 4.01. The molecular formula is C12H18N2O3S. The van der Waals surface area contributed by atoms with Gasteiger partial charge in [-0.2, -0.15) is 0 Å². The van der Waals surface area contributed by atoms with Crippen LogP contribution in [0.15, 0.2) is 29.4 Å². The van der Waals surface area contributed by atoms with E-state index in [-0.39, 0.29) is 0 Å². The molecule has 1 aromatic rings. The van der Waals surface area contributed by atoms with Crippen molar-refractivity contribution in [3.05, 3.63) is 29.8 Å². The summed E-state index contributed by atoms with van der Waals surface area (Å²) >= 11 is 0. The Morgan fingerprint density at radius 2 is 1.94 bits per heavy atom. The maximum atomic E-state index is 12.0. The SMILES string of the molecule is CC(=NO)c1cccc(NS(=O)(=O)C(C)(C)C)c1. The van der Waals surface area contributed by atoms with E-state index in [9.17, 15) is 8.42 Å². The number of oxime groups is 1. The molecule has 0 aliphatic rings.